The number of unbranched alkanes of at least 4 members (excludes halogenated alkanes) is 15. The van der Waals surface area contributed by atoms with E-state index >= 15 is 0 Å². The van der Waals surface area contributed by atoms with Gasteiger partial charge in [0.05, 0.1) is 106 Å². The molecule has 0 amide bonds. The molecule has 9 heteroatoms. The zero-order valence-corrected chi connectivity index (χ0v) is 32.0. The summed E-state index contributed by atoms with van der Waals surface area (Å²) in [5.41, 5.74) is 0. The minimum absolute atomic E-state index is 0.542. The van der Waals surface area contributed by atoms with Crippen molar-refractivity contribution in [1.82, 2.24) is 0 Å². The molecule has 0 aromatic heterocycles. The van der Waals surface area contributed by atoms with Crippen molar-refractivity contribution in [3.8, 4) is 0 Å². The molecule has 9 nitrogen and oxygen atoms in total. The Morgan fingerprint density at radius 2 is 0.500 bits per heavy atom. The lowest BCUT2D eigenvalue weighted by Gasteiger charge is -2.10. The van der Waals surface area contributed by atoms with Crippen LogP contribution in [0.2, 0.25) is 0 Å². The third-order valence-electron chi connectivity index (χ3n) is 8.22. The SMILES string of the molecule is CCCCCCCCCCCCCCCCCCOCCOCCOCCOCCOCCOCCOCCOCCOCC(C)CC. The lowest BCUT2D eigenvalue weighted by Crippen LogP contribution is -2.15. The highest BCUT2D eigenvalue weighted by molar-refractivity contribution is 4.50. The first-order valence-electron chi connectivity index (χ1n) is 20.0. The van der Waals surface area contributed by atoms with Gasteiger partial charge in [-0.05, 0) is 12.3 Å². The Kier molecular flexibility index (Phi) is 44.3. The minimum Gasteiger partial charge on any atom is -0.379 e. The molecule has 0 fully saturated rings. The summed E-state index contributed by atoms with van der Waals surface area (Å²) in [6.45, 7) is 17.5. The van der Waals surface area contributed by atoms with Crippen LogP contribution in [-0.2, 0) is 42.6 Å². The molecule has 290 valence electrons. The van der Waals surface area contributed by atoms with E-state index in [1.165, 1.54) is 96.3 Å². The monoisotopic (exact) mass is 693 g/mol. The van der Waals surface area contributed by atoms with Gasteiger partial charge in [-0.1, -0.05) is 124 Å². The number of hydrogen-bond donors (Lipinski definition) is 0. The third-order valence-corrected chi connectivity index (χ3v) is 8.22. The molecule has 0 heterocycles. The van der Waals surface area contributed by atoms with Crippen LogP contribution in [0, 0.1) is 5.92 Å². The standard InChI is InChI=1S/C39H80O9/c1-4-6-7-8-9-10-11-12-13-14-15-16-17-18-19-20-21-40-22-23-41-24-25-42-26-27-43-28-29-44-30-31-45-32-33-46-34-35-47-36-37-48-38-39(3)5-2/h39H,4-38H2,1-3H3. The number of ether oxygens (including phenoxy) is 9. The van der Waals surface area contributed by atoms with E-state index in [-0.39, 0.29) is 0 Å². The van der Waals surface area contributed by atoms with Crippen LogP contribution in [0.4, 0.5) is 0 Å². The molecule has 1 atom stereocenters. The van der Waals surface area contributed by atoms with E-state index < -0.39 is 0 Å². The predicted octanol–water partition coefficient (Wildman–Crippen LogP) is 8.44. The van der Waals surface area contributed by atoms with E-state index in [1.54, 1.807) is 0 Å². The maximum atomic E-state index is 5.69. The molecule has 0 aliphatic heterocycles. The Labute approximate surface area is 297 Å². The first kappa shape index (κ1) is 47.6. The molecule has 48 heavy (non-hydrogen) atoms. The van der Waals surface area contributed by atoms with Gasteiger partial charge in [0, 0.05) is 13.2 Å². The summed E-state index contributed by atoms with van der Waals surface area (Å²) in [6, 6.07) is 0. The van der Waals surface area contributed by atoms with Crippen LogP contribution in [0.3, 0.4) is 0 Å². The van der Waals surface area contributed by atoms with Crippen molar-refractivity contribution in [3.05, 3.63) is 0 Å². The van der Waals surface area contributed by atoms with Gasteiger partial charge in [-0.25, -0.2) is 0 Å². The van der Waals surface area contributed by atoms with Crippen LogP contribution in [0.25, 0.3) is 0 Å². The molecule has 0 bridgehead atoms. The number of rotatable bonds is 44. The van der Waals surface area contributed by atoms with Crippen molar-refractivity contribution in [2.75, 3.05) is 119 Å². The van der Waals surface area contributed by atoms with Gasteiger partial charge in [0.25, 0.3) is 0 Å². The van der Waals surface area contributed by atoms with Crippen molar-refractivity contribution in [2.45, 2.75) is 130 Å². The second-order valence-electron chi connectivity index (χ2n) is 12.8. The van der Waals surface area contributed by atoms with E-state index in [2.05, 4.69) is 20.8 Å². The smallest absolute Gasteiger partial charge is 0.0701 e. The van der Waals surface area contributed by atoms with Crippen LogP contribution in [0.15, 0.2) is 0 Å². The lowest BCUT2D eigenvalue weighted by molar-refractivity contribution is -0.0255. The summed E-state index contributed by atoms with van der Waals surface area (Å²) in [6.07, 6.45) is 23.4. The van der Waals surface area contributed by atoms with Gasteiger partial charge >= 0.3 is 0 Å². The second-order valence-corrected chi connectivity index (χ2v) is 12.8. The van der Waals surface area contributed by atoms with Crippen LogP contribution >= 0.6 is 0 Å². The molecule has 0 saturated heterocycles. The Bertz CT molecular complexity index is 556. The summed E-state index contributed by atoms with van der Waals surface area (Å²) < 4.78 is 49.9. The van der Waals surface area contributed by atoms with E-state index in [0.29, 0.717) is 112 Å². The van der Waals surface area contributed by atoms with Gasteiger partial charge in [-0.2, -0.15) is 0 Å². The van der Waals surface area contributed by atoms with E-state index in [4.69, 9.17) is 42.6 Å². The minimum atomic E-state index is 0.542. The molecule has 1 unspecified atom stereocenters. The van der Waals surface area contributed by atoms with Crippen molar-refractivity contribution >= 4 is 0 Å². The molecule has 0 aromatic rings. The molecule has 0 N–H and O–H groups in total. The fraction of sp³-hybridized carbons (Fsp3) is 1.00. The zero-order valence-electron chi connectivity index (χ0n) is 32.0. The van der Waals surface area contributed by atoms with E-state index in [1.807, 2.05) is 0 Å². The first-order valence-corrected chi connectivity index (χ1v) is 20.0. The first-order chi connectivity index (χ1) is 23.8. The molecule has 0 saturated carbocycles. The van der Waals surface area contributed by atoms with Gasteiger partial charge in [0.15, 0.2) is 0 Å². The highest BCUT2D eigenvalue weighted by Crippen LogP contribution is 2.13. The predicted molar refractivity (Wildman–Crippen MR) is 196 cm³/mol. The largest absolute Gasteiger partial charge is 0.379 e. The Morgan fingerprint density at radius 3 is 0.771 bits per heavy atom. The molecule has 0 radical (unpaired) electrons. The summed E-state index contributed by atoms with van der Waals surface area (Å²) in [4.78, 5) is 0. The molecular formula is C39H80O9. The summed E-state index contributed by atoms with van der Waals surface area (Å²) in [7, 11) is 0. The maximum Gasteiger partial charge on any atom is 0.0701 e. The summed E-state index contributed by atoms with van der Waals surface area (Å²) >= 11 is 0. The Balaban J connectivity index is 3.05. The van der Waals surface area contributed by atoms with Crippen LogP contribution in [-0.4, -0.2) is 119 Å². The van der Waals surface area contributed by atoms with Gasteiger partial charge in [-0.3, -0.25) is 0 Å². The van der Waals surface area contributed by atoms with Gasteiger partial charge < -0.3 is 42.6 Å². The second kappa shape index (κ2) is 44.7. The van der Waals surface area contributed by atoms with Crippen LogP contribution < -0.4 is 0 Å². The van der Waals surface area contributed by atoms with Crippen molar-refractivity contribution in [2.24, 2.45) is 5.92 Å². The molecule has 0 aliphatic rings. The molecule has 0 aromatic carbocycles. The summed E-state index contributed by atoms with van der Waals surface area (Å²) in [5, 5.41) is 0. The average Bonchev–Trinajstić information content (AvgIpc) is 3.10. The zero-order chi connectivity index (χ0) is 34.7. The van der Waals surface area contributed by atoms with Crippen molar-refractivity contribution in [1.29, 1.82) is 0 Å². The van der Waals surface area contributed by atoms with E-state index in [9.17, 15) is 0 Å². The highest BCUT2D eigenvalue weighted by Gasteiger charge is 1.99. The van der Waals surface area contributed by atoms with Gasteiger partial charge in [0.1, 0.15) is 0 Å². The fourth-order valence-corrected chi connectivity index (χ4v) is 4.91. The van der Waals surface area contributed by atoms with Crippen molar-refractivity contribution in [3.63, 3.8) is 0 Å². The van der Waals surface area contributed by atoms with Crippen molar-refractivity contribution < 1.29 is 42.6 Å². The van der Waals surface area contributed by atoms with Crippen LogP contribution in [0.1, 0.15) is 130 Å². The average molecular weight is 693 g/mol. The van der Waals surface area contributed by atoms with E-state index in [0.717, 1.165) is 26.1 Å². The number of hydrogen-bond acceptors (Lipinski definition) is 9. The Morgan fingerprint density at radius 1 is 0.271 bits per heavy atom. The quantitative estimate of drug-likeness (QED) is 0.0585. The lowest BCUT2D eigenvalue weighted by atomic mass is 10.0. The third kappa shape index (κ3) is 43.7. The van der Waals surface area contributed by atoms with Gasteiger partial charge in [-0.15, -0.1) is 0 Å². The summed E-state index contributed by atoms with van der Waals surface area (Å²) in [5.74, 6) is 0.605. The Hall–Kier alpha value is -0.360. The topological polar surface area (TPSA) is 83.1 Å². The molecule has 0 spiro atoms. The maximum absolute atomic E-state index is 5.69. The normalized spacial score (nSPS) is 12.3. The fourth-order valence-electron chi connectivity index (χ4n) is 4.91. The molecule has 0 rings (SSSR count). The molecular weight excluding hydrogens is 612 g/mol. The highest BCUT2D eigenvalue weighted by atomic mass is 16.6. The van der Waals surface area contributed by atoms with Gasteiger partial charge in [0.2, 0.25) is 0 Å². The van der Waals surface area contributed by atoms with Crippen LogP contribution in [0.5, 0.6) is 0 Å². The molecule has 0 aliphatic carbocycles.